The van der Waals surface area contributed by atoms with Crippen LogP contribution in [0.2, 0.25) is 0 Å². The Kier molecular flexibility index (Phi) is 7.25. The van der Waals surface area contributed by atoms with E-state index in [0.717, 1.165) is 9.03 Å². The van der Waals surface area contributed by atoms with Gasteiger partial charge in [-0.25, -0.2) is 17.8 Å². The molecule has 6 N–H and O–H groups in total. The summed E-state index contributed by atoms with van der Waals surface area (Å²) in [4.78, 5) is 6.77. The van der Waals surface area contributed by atoms with Crippen molar-refractivity contribution in [1.82, 2.24) is 29.2 Å². The number of nitrogen functional groups attached to an aromatic ring is 2. The first kappa shape index (κ1) is 27.3. The number of aromatic nitrogens is 6. The van der Waals surface area contributed by atoms with E-state index in [-0.39, 0.29) is 23.1 Å². The number of hydrogen-bond donors (Lipinski definition) is 4. The lowest BCUT2D eigenvalue weighted by Gasteiger charge is -2.12. The second-order valence-electron chi connectivity index (χ2n) is 8.72. The Morgan fingerprint density at radius 2 is 1.41 bits per heavy atom. The third-order valence-electron chi connectivity index (χ3n) is 6.34. The molecule has 4 aromatic heterocycles. The molecule has 0 radical (unpaired) electrons. The Bertz CT molecular complexity index is 1550. The van der Waals surface area contributed by atoms with E-state index in [9.17, 15) is 27.8 Å². The van der Waals surface area contributed by atoms with Crippen LogP contribution in [0.15, 0.2) is 36.6 Å². The zero-order chi connectivity index (χ0) is 28.2. The van der Waals surface area contributed by atoms with E-state index in [2.05, 4.69) is 26.7 Å². The molecule has 6 rings (SSSR count). The molecule has 2 aliphatic heterocycles. The maximum absolute atomic E-state index is 14.2. The van der Waals surface area contributed by atoms with Crippen LogP contribution in [0.25, 0.3) is 11.0 Å². The van der Waals surface area contributed by atoms with Crippen molar-refractivity contribution in [3.8, 4) is 0 Å². The third kappa shape index (κ3) is 4.72. The van der Waals surface area contributed by atoms with Crippen LogP contribution in [0.3, 0.4) is 0 Å². The van der Waals surface area contributed by atoms with Crippen molar-refractivity contribution in [2.45, 2.75) is 42.9 Å². The van der Waals surface area contributed by atoms with Crippen molar-refractivity contribution in [2.24, 2.45) is 0 Å². The molecule has 2 aliphatic rings. The van der Waals surface area contributed by atoms with Gasteiger partial charge in [0, 0.05) is 4.43 Å². The molecule has 7 atom stereocenters. The minimum absolute atomic E-state index is 0.0388. The summed E-state index contributed by atoms with van der Waals surface area (Å²) < 4.78 is 67.8. The third-order valence-corrected chi connectivity index (χ3v) is 7.20. The maximum Gasteiger partial charge on any atom is 0.327 e. The largest absolute Gasteiger partial charge is 0.483 e. The van der Waals surface area contributed by atoms with Crippen molar-refractivity contribution >= 4 is 45.3 Å². The number of anilines is 2. The number of halogens is 5. The molecular formula is C22H21F4IN8O4. The normalized spacial score (nSPS) is 28.6. The van der Waals surface area contributed by atoms with Crippen LogP contribution in [0, 0.1) is 12.2 Å². The fourth-order valence-electron chi connectivity index (χ4n) is 4.41. The minimum Gasteiger partial charge on any atom is -0.483 e. The van der Waals surface area contributed by atoms with Gasteiger partial charge >= 0.3 is 12.2 Å². The lowest BCUT2D eigenvalue weighted by Crippen LogP contribution is -2.28. The highest BCUT2D eigenvalue weighted by atomic mass is 127. The predicted molar refractivity (Wildman–Crippen MR) is 136 cm³/mol. The molecule has 2 fully saturated rings. The van der Waals surface area contributed by atoms with Gasteiger partial charge in [-0.1, -0.05) is 29.2 Å². The molecule has 2 saturated heterocycles. The van der Waals surface area contributed by atoms with Gasteiger partial charge in [0.05, 0.1) is 17.5 Å². The number of aliphatic hydroxyl groups is 2. The molecule has 208 valence electrons. The second-order valence-corrected chi connectivity index (χ2v) is 9.60. The first-order chi connectivity index (χ1) is 18.5. The maximum atomic E-state index is 14.2. The molecule has 2 unspecified atom stereocenters. The Morgan fingerprint density at radius 1 is 0.897 bits per heavy atom. The van der Waals surface area contributed by atoms with Gasteiger partial charge in [-0.15, -0.1) is 10.2 Å². The van der Waals surface area contributed by atoms with Crippen molar-refractivity contribution in [1.29, 1.82) is 0 Å². The molecule has 17 heteroatoms. The fourth-order valence-corrected chi connectivity index (χ4v) is 5.14. The van der Waals surface area contributed by atoms with E-state index in [4.69, 9.17) is 20.9 Å². The fraction of sp³-hybridized carbons (Fsp3) is 0.364. The van der Waals surface area contributed by atoms with Gasteiger partial charge in [-0.2, -0.15) is 18.7 Å². The quantitative estimate of drug-likeness (QED) is 0.144. The van der Waals surface area contributed by atoms with E-state index in [1.54, 1.807) is 12.1 Å². The highest BCUT2D eigenvalue weighted by Crippen LogP contribution is 2.38. The highest BCUT2D eigenvalue weighted by molar-refractivity contribution is 14.1. The van der Waals surface area contributed by atoms with E-state index in [1.165, 1.54) is 12.1 Å². The molecule has 0 amide bonds. The number of ether oxygens (including phenoxy) is 2. The Labute approximate surface area is 230 Å². The van der Waals surface area contributed by atoms with Gasteiger partial charge in [0.15, 0.2) is 30.1 Å². The smallest absolute Gasteiger partial charge is 0.327 e. The Morgan fingerprint density at radius 3 is 1.85 bits per heavy atom. The summed E-state index contributed by atoms with van der Waals surface area (Å²) in [6.45, 7) is 3.41. The van der Waals surface area contributed by atoms with Crippen LogP contribution in [-0.4, -0.2) is 74.5 Å². The van der Waals surface area contributed by atoms with E-state index < -0.39 is 55.0 Å². The van der Waals surface area contributed by atoms with Crippen LogP contribution in [0.4, 0.5) is 29.2 Å². The zero-order valence-electron chi connectivity index (χ0n) is 19.7. The summed E-state index contributed by atoms with van der Waals surface area (Å²) in [5.74, 6) is -0.176. The van der Waals surface area contributed by atoms with Gasteiger partial charge in [-0.05, 0) is 24.3 Å². The topological polar surface area (TPSA) is 171 Å². The Balaban J connectivity index is 0.000000158. The first-order valence-electron chi connectivity index (χ1n) is 11.3. The average Bonchev–Trinajstić information content (AvgIpc) is 3.62. The van der Waals surface area contributed by atoms with Crippen molar-refractivity contribution < 1.29 is 37.2 Å². The standard InChI is InChI=1S/C11H11F2IN4O2.C11H10F2N4O2/c12-7-8(19)6(3-14)20-9(7)4-1-2-5-10(15)16-11(13)17-18(4)5;1-4-8(18)7(12)9(19-4)5-2-3-6-10(14)15-11(13)16-17(5)6/h1-2,6-9,19H,3H2,(H2,15,16,17);2-3,7-9,18H,1H2,(H2,14,15,16)/t6-,7-,8-,9?;7-,8-,9?/m11/s1. The summed E-state index contributed by atoms with van der Waals surface area (Å²) in [5, 5.41) is 26.3. The van der Waals surface area contributed by atoms with Gasteiger partial charge in [0.1, 0.15) is 35.1 Å². The molecule has 0 aromatic carbocycles. The van der Waals surface area contributed by atoms with Gasteiger partial charge in [0.2, 0.25) is 0 Å². The number of hydrogen-bond acceptors (Lipinski definition) is 10. The summed E-state index contributed by atoms with van der Waals surface area (Å²) in [6.07, 6.45) is -10.7. The number of alkyl halides is 3. The number of nitrogens with two attached hydrogens (primary N) is 2. The zero-order valence-corrected chi connectivity index (χ0v) is 21.9. The minimum atomic E-state index is -1.70. The van der Waals surface area contributed by atoms with Crippen LogP contribution in [0.1, 0.15) is 23.6 Å². The van der Waals surface area contributed by atoms with E-state index >= 15 is 0 Å². The van der Waals surface area contributed by atoms with Gasteiger partial charge in [-0.3, -0.25) is 0 Å². The number of fused-ring (bicyclic) bond motifs is 2. The second kappa shape index (κ2) is 10.4. The van der Waals surface area contributed by atoms with E-state index in [0.29, 0.717) is 21.2 Å². The lowest BCUT2D eigenvalue weighted by molar-refractivity contribution is 0.0231. The molecule has 0 saturated carbocycles. The Hall–Kier alpha value is -3.29. The van der Waals surface area contributed by atoms with E-state index in [1.807, 2.05) is 22.6 Å². The van der Waals surface area contributed by atoms with Crippen LogP contribution >= 0.6 is 22.6 Å². The number of aliphatic hydroxyl groups excluding tert-OH is 2. The summed E-state index contributed by atoms with van der Waals surface area (Å²) in [6, 6.07) is 6.11. The van der Waals surface area contributed by atoms with Gasteiger partial charge in [0.25, 0.3) is 0 Å². The summed E-state index contributed by atoms with van der Waals surface area (Å²) in [5.41, 5.74) is 12.4. The highest BCUT2D eigenvalue weighted by Gasteiger charge is 2.45. The van der Waals surface area contributed by atoms with Crippen molar-refractivity contribution in [3.63, 3.8) is 0 Å². The summed E-state index contributed by atoms with van der Waals surface area (Å²) in [7, 11) is 0. The van der Waals surface area contributed by atoms with Crippen LogP contribution < -0.4 is 11.5 Å². The molecule has 0 aliphatic carbocycles. The molecule has 0 spiro atoms. The SMILES string of the molecule is C=C1OC(c2ccc3c(N)nc(F)nn23)[C@H](F)[C@@H]1O.Nc1nc(F)nn2c(C3O[C@H](CI)[C@@H](O)[C@H]3F)ccc12. The van der Waals surface area contributed by atoms with Crippen molar-refractivity contribution in [2.75, 3.05) is 15.9 Å². The lowest BCUT2D eigenvalue weighted by atomic mass is 10.1. The number of rotatable bonds is 3. The first-order valence-corrected chi connectivity index (χ1v) is 12.9. The molecule has 12 nitrogen and oxygen atoms in total. The van der Waals surface area contributed by atoms with Crippen molar-refractivity contribution in [3.05, 3.63) is 60.1 Å². The molecule has 0 bridgehead atoms. The van der Waals surface area contributed by atoms with Crippen LogP contribution in [-0.2, 0) is 9.47 Å². The predicted octanol–water partition coefficient (Wildman–Crippen LogP) is 1.76. The molecule has 6 heterocycles. The molecule has 4 aromatic rings. The van der Waals surface area contributed by atoms with Crippen LogP contribution in [0.5, 0.6) is 0 Å². The number of nitrogens with zero attached hydrogens (tertiary/aromatic N) is 6. The summed E-state index contributed by atoms with van der Waals surface area (Å²) >= 11 is 2.01. The monoisotopic (exact) mass is 664 g/mol. The van der Waals surface area contributed by atoms with Gasteiger partial charge < -0.3 is 31.2 Å². The molecular weight excluding hydrogens is 643 g/mol. The average molecular weight is 664 g/mol. The molecule has 39 heavy (non-hydrogen) atoms.